The first-order valence-corrected chi connectivity index (χ1v) is 14.2. The molecular formula is C30H30N8O6. The number of phenols is 1. The number of nitrogens with one attached hydrogen (secondary N) is 2. The van der Waals surface area contributed by atoms with Gasteiger partial charge in [0.15, 0.2) is 5.82 Å². The molecule has 1 unspecified atom stereocenters. The Balaban J connectivity index is 1.05. The summed E-state index contributed by atoms with van der Waals surface area (Å²) in [6.45, 7) is 3.07. The van der Waals surface area contributed by atoms with Crippen LogP contribution in [-0.4, -0.2) is 93.4 Å². The van der Waals surface area contributed by atoms with E-state index in [2.05, 4.69) is 30.6 Å². The van der Waals surface area contributed by atoms with Gasteiger partial charge in [0, 0.05) is 51.1 Å². The Bertz CT molecular complexity index is 1690. The quantitative estimate of drug-likeness (QED) is 0.284. The zero-order chi connectivity index (χ0) is 31.0. The number of para-hydroxylation sites is 1. The van der Waals surface area contributed by atoms with Crippen molar-refractivity contribution in [2.24, 2.45) is 0 Å². The molecule has 14 nitrogen and oxygen atoms in total. The van der Waals surface area contributed by atoms with Crippen LogP contribution in [0.3, 0.4) is 0 Å². The molecule has 5 N–H and O–H groups in total. The van der Waals surface area contributed by atoms with Crippen LogP contribution >= 0.6 is 0 Å². The third-order valence-electron chi connectivity index (χ3n) is 8.09. The fourth-order valence-electron chi connectivity index (χ4n) is 5.77. The highest BCUT2D eigenvalue weighted by atomic mass is 16.3. The number of amides is 5. The summed E-state index contributed by atoms with van der Waals surface area (Å²) in [5.74, 6) is -2.39. The van der Waals surface area contributed by atoms with Gasteiger partial charge in [0.05, 0.1) is 28.2 Å². The minimum atomic E-state index is -1.09. The van der Waals surface area contributed by atoms with E-state index in [0.29, 0.717) is 44.0 Å². The van der Waals surface area contributed by atoms with E-state index < -0.39 is 29.7 Å². The summed E-state index contributed by atoms with van der Waals surface area (Å²) in [5, 5.41) is 23.4. The molecule has 1 aromatic heterocycles. The first kappa shape index (κ1) is 28.7. The first-order chi connectivity index (χ1) is 21.2. The van der Waals surface area contributed by atoms with Gasteiger partial charge in [0.2, 0.25) is 17.7 Å². The number of piperazine rings is 1. The molecule has 0 saturated carbocycles. The monoisotopic (exact) mass is 598 g/mol. The van der Waals surface area contributed by atoms with E-state index in [9.17, 15) is 29.1 Å². The molecule has 2 saturated heterocycles. The number of nitrogen functional groups attached to an aromatic ring is 1. The summed E-state index contributed by atoms with van der Waals surface area (Å²) < 4.78 is 0. The molecule has 5 amide bonds. The maximum absolute atomic E-state index is 13.3. The highest BCUT2D eigenvalue weighted by Crippen LogP contribution is 2.33. The lowest BCUT2D eigenvalue weighted by molar-refractivity contribution is -0.136. The van der Waals surface area contributed by atoms with Gasteiger partial charge < -0.3 is 21.1 Å². The van der Waals surface area contributed by atoms with Crippen molar-refractivity contribution < 1.29 is 29.1 Å². The van der Waals surface area contributed by atoms with Crippen LogP contribution in [0, 0.1) is 0 Å². The van der Waals surface area contributed by atoms with E-state index in [0.717, 1.165) is 10.6 Å². The maximum atomic E-state index is 13.3. The Labute approximate surface area is 251 Å². The van der Waals surface area contributed by atoms with Gasteiger partial charge in [-0.2, -0.15) is 0 Å². The second kappa shape index (κ2) is 11.7. The summed E-state index contributed by atoms with van der Waals surface area (Å²) in [6.07, 6.45) is 0.222. The number of imide groups is 2. The van der Waals surface area contributed by atoms with E-state index in [1.165, 1.54) is 6.07 Å². The number of carbonyl (C=O) groups is 5. The van der Waals surface area contributed by atoms with Crippen LogP contribution in [0.25, 0.3) is 11.3 Å². The number of piperidine rings is 1. The largest absolute Gasteiger partial charge is 0.507 e. The predicted octanol–water partition coefficient (Wildman–Crippen LogP) is 0.983. The zero-order valence-corrected chi connectivity index (χ0v) is 23.7. The molecule has 14 heteroatoms. The lowest BCUT2D eigenvalue weighted by atomic mass is 10.0. The normalized spacial score (nSPS) is 18.8. The van der Waals surface area contributed by atoms with Crippen LogP contribution in [0.1, 0.15) is 40.0 Å². The van der Waals surface area contributed by atoms with Crippen LogP contribution in [0.2, 0.25) is 0 Å². The number of aromatic hydroxyl groups is 1. The van der Waals surface area contributed by atoms with Crippen molar-refractivity contribution in [2.45, 2.75) is 25.3 Å². The number of phenolic OH excluding ortho intramolecular Hbond substituents is 1. The van der Waals surface area contributed by atoms with E-state index in [4.69, 9.17) is 5.73 Å². The second-order valence-electron chi connectivity index (χ2n) is 10.8. The fourth-order valence-corrected chi connectivity index (χ4v) is 5.77. The molecule has 3 aliphatic rings. The second-order valence-corrected chi connectivity index (χ2v) is 10.8. The smallest absolute Gasteiger partial charge is 0.264 e. The number of nitrogens with zero attached hydrogens (tertiary/aromatic N) is 5. The molecule has 226 valence electrons. The minimum absolute atomic E-state index is 0.0216. The summed E-state index contributed by atoms with van der Waals surface area (Å²) in [6, 6.07) is 12.2. The van der Waals surface area contributed by atoms with E-state index >= 15 is 0 Å². The van der Waals surface area contributed by atoms with Gasteiger partial charge in [-0.1, -0.05) is 18.2 Å². The van der Waals surface area contributed by atoms with Gasteiger partial charge in [-0.15, -0.1) is 10.2 Å². The molecule has 0 spiro atoms. The highest BCUT2D eigenvalue weighted by molar-refractivity contribution is 6.26. The molecule has 2 aromatic carbocycles. The number of hydrogen-bond acceptors (Lipinski definition) is 11. The number of anilines is 3. The first-order valence-electron chi connectivity index (χ1n) is 14.2. The molecule has 6 rings (SSSR count). The molecular weight excluding hydrogens is 568 g/mol. The topological polar surface area (TPSA) is 191 Å². The van der Waals surface area contributed by atoms with Crippen molar-refractivity contribution in [3.8, 4) is 17.0 Å². The zero-order valence-electron chi connectivity index (χ0n) is 23.7. The number of nitrogens with two attached hydrogens (primary N) is 1. The molecule has 0 bridgehead atoms. The van der Waals surface area contributed by atoms with Crippen molar-refractivity contribution in [3.63, 3.8) is 0 Å². The van der Waals surface area contributed by atoms with Crippen LogP contribution in [0.4, 0.5) is 17.2 Å². The molecule has 2 fully saturated rings. The number of benzene rings is 2. The summed E-state index contributed by atoms with van der Waals surface area (Å²) >= 11 is 0. The Kier molecular flexibility index (Phi) is 7.66. The van der Waals surface area contributed by atoms with Crippen LogP contribution < -0.4 is 21.3 Å². The summed E-state index contributed by atoms with van der Waals surface area (Å²) in [4.78, 5) is 68.3. The van der Waals surface area contributed by atoms with E-state index in [-0.39, 0.29) is 53.6 Å². The lowest BCUT2D eigenvalue weighted by Gasteiger charge is -2.36. The van der Waals surface area contributed by atoms with Gasteiger partial charge in [0.25, 0.3) is 11.8 Å². The van der Waals surface area contributed by atoms with Crippen molar-refractivity contribution in [1.82, 2.24) is 25.3 Å². The lowest BCUT2D eigenvalue weighted by Crippen LogP contribution is -2.54. The van der Waals surface area contributed by atoms with Gasteiger partial charge >= 0.3 is 0 Å². The van der Waals surface area contributed by atoms with Crippen molar-refractivity contribution >= 4 is 46.7 Å². The average Bonchev–Trinajstić information content (AvgIpc) is 3.27. The maximum Gasteiger partial charge on any atom is 0.264 e. The SMILES string of the molecule is Nc1nnc(-c2ccccc2O)cc1N1CCN(CCC(=O)Nc2cccc3c2C(=O)N(C2CCC(=O)NC2=O)C3=O)CC1. The highest BCUT2D eigenvalue weighted by Gasteiger charge is 2.45. The number of fused-ring (bicyclic) bond motifs is 1. The Morgan fingerprint density at radius 2 is 1.73 bits per heavy atom. The number of rotatable bonds is 7. The Morgan fingerprint density at radius 1 is 0.977 bits per heavy atom. The number of hydrogen-bond donors (Lipinski definition) is 4. The van der Waals surface area contributed by atoms with E-state index in [1.807, 2.05) is 6.07 Å². The number of aromatic nitrogens is 2. The average molecular weight is 599 g/mol. The van der Waals surface area contributed by atoms with Crippen LogP contribution in [-0.2, 0) is 14.4 Å². The minimum Gasteiger partial charge on any atom is -0.507 e. The molecule has 3 aromatic rings. The van der Waals surface area contributed by atoms with Gasteiger partial charge in [-0.3, -0.25) is 39.1 Å². The standard InChI is InChI=1S/C30H30N8O6/c31-27-22(16-20(34-35-27)17-4-1-2-7-23(17)39)37-14-12-36(13-15-37)11-10-25(41)32-19-6-3-5-18-26(19)30(44)38(29(18)43)21-8-9-24(40)33-28(21)42/h1-7,16,21,39H,8-15H2,(H2,31,35)(H,32,41)(H,33,40,42). The van der Waals surface area contributed by atoms with Gasteiger partial charge in [-0.05, 0) is 36.8 Å². The Morgan fingerprint density at radius 3 is 2.48 bits per heavy atom. The summed E-state index contributed by atoms with van der Waals surface area (Å²) in [5.41, 5.74) is 8.27. The molecule has 1 atom stereocenters. The van der Waals surface area contributed by atoms with Gasteiger partial charge in [0.1, 0.15) is 11.8 Å². The molecule has 0 aliphatic carbocycles. The third kappa shape index (κ3) is 5.42. The third-order valence-corrected chi connectivity index (χ3v) is 8.09. The summed E-state index contributed by atoms with van der Waals surface area (Å²) in [7, 11) is 0. The number of carbonyl (C=O) groups excluding carboxylic acids is 5. The fraction of sp³-hybridized carbons (Fsp3) is 0.300. The van der Waals surface area contributed by atoms with Crippen molar-refractivity contribution in [2.75, 3.05) is 48.7 Å². The molecule has 3 aliphatic heterocycles. The van der Waals surface area contributed by atoms with Crippen LogP contribution in [0.5, 0.6) is 5.75 Å². The molecule has 4 heterocycles. The van der Waals surface area contributed by atoms with Gasteiger partial charge in [-0.25, -0.2) is 0 Å². The predicted molar refractivity (Wildman–Crippen MR) is 159 cm³/mol. The Hall–Kier alpha value is -5.37. The molecule has 0 radical (unpaired) electrons. The molecule has 44 heavy (non-hydrogen) atoms. The van der Waals surface area contributed by atoms with Crippen molar-refractivity contribution in [1.29, 1.82) is 0 Å². The van der Waals surface area contributed by atoms with E-state index in [1.54, 1.807) is 36.4 Å². The van der Waals surface area contributed by atoms with Crippen molar-refractivity contribution in [3.05, 3.63) is 59.7 Å². The van der Waals surface area contributed by atoms with Crippen LogP contribution in [0.15, 0.2) is 48.5 Å².